The first-order chi connectivity index (χ1) is 11.9. The monoisotopic (exact) mass is 347 g/mol. The van der Waals surface area contributed by atoms with Gasteiger partial charge in [0.2, 0.25) is 0 Å². The predicted octanol–water partition coefficient (Wildman–Crippen LogP) is 2.89. The van der Waals surface area contributed by atoms with E-state index >= 15 is 0 Å². The smallest absolute Gasteiger partial charge is 0.410 e. The van der Waals surface area contributed by atoms with Gasteiger partial charge in [-0.2, -0.15) is 0 Å². The maximum Gasteiger partial charge on any atom is 0.410 e. The molecule has 0 aliphatic carbocycles. The molecule has 1 aliphatic heterocycles. The van der Waals surface area contributed by atoms with E-state index in [2.05, 4.69) is 9.88 Å². The number of hydrogen-bond acceptors (Lipinski definition) is 6. The lowest BCUT2D eigenvalue weighted by molar-refractivity contribution is 0.0139. The van der Waals surface area contributed by atoms with Crippen LogP contribution in [0.1, 0.15) is 26.3 Å². The topological polar surface area (TPSA) is 68.0 Å². The van der Waals surface area contributed by atoms with Crippen LogP contribution >= 0.6 is 0 Å². The van der Waals surface area contributed by atoms with E-state index in [-0.39, 0.29) is 6.09 Å². The van der Waals surface area contributed by atoms with E-state index in [1.807, 2.05) is 32.9 Å². The van der Waals surface area contributed by atoms with Gasteiger partial charge in [0.15, 0.2) is 17.5 Å². The van der Waals surface area contributed by atoms with Gasteiger partial charge in [0.1, 0.15) is 11.4 Å². The van der Waals surface area contributed by atoms with Crippen molar-refractivity contribution in [2.45, 2.75) is 32.9 Å². The van der Waals surface area contributed by atoms with Crippen molar-refractivity contribution in [3.8, 4) is 5.75 Å². The zero-order chi connectivity index (χ0) is 18.0. The van der Waals surface area contributed by atoms with Crippen LogP contribution in [0.3, 0.4) is 0 Å². The molecule has 1 amide bonds. The molecule has 3 rings (SSSR count). The van der Waals surface area contributed by atoms with Crippen molar-refractivity contribution in [2.75, 3.05) is 33.3 Å². The van der Waals surface area contributed by atoms with Crippen molar-refractivity contribution >= 4 is 17.2 Å². The Balaban J connectivity index is 1.61. The Morgan fingerprint density at radius 3 is 2.60 bits per heavy atom. The van der Waals surface area contributed by atoms with Gasteiger partial charge in [0, 0.05) is 38.3 Å². The van der Waals surface area contributed by atoms with Gasteiger partial charge in [-0.1, -0.05) is 6.07 Å². The second-order valence-corrected chi connectivity index (χ2v) is 7.20. The summed E-state index contributed by atoms with van der Waals surface area (Å²) in [5.74, 6) is 0.710. The summed E-state index contributed by atoms with van der Waals surface area (Å²) in [5.41, 5.74) is 2.11. The molecule has 0 saturated carbocycles. The van der Waals surface area contributed by atoms with Crippen molar-refractivity contribution in [1.29, 1.82) is 0 Å². The minimum Gasteiger partial charge on any atom is -0.494 e. The van der Waals surface area contributed by atoms with Gasteiger partial charge in [-0.15, -0.1) is 0 Å². The molecule has 1 aromatic heterocycles. The summed E-state index contributed by atoms with van der Waals surface area (Å²) in [7, 11) is 1.62. The van der Waals surface area contributed by atoms with Crippen molar-refractivity contribution in [2.24, 2.45) is 0 Å². The fourth-order valence-electron chi connectivity index (χ4n) is 2.93. The number of hydrogen-bond donors (Lipinski definition) is 0. The Morgan fingerprint density at radius 2 is 1.96 bits per heavy atom. The molecule has 0 atom stereocenters. The average molecular weight is 347 g/mol. The van der Waals surface area contributed by atoms with Crippen LogP contribution in [-0.4, -0.2) is 59.8 Å². The van der Waals surface area contributed by atoms with Crippen LogP contribution in [0.4, 0.5) is 4.79 Å². The second-order valence-electron chi connectivity index (χ2n) is 7.20. The third-order valence-corrected chi connectivity index (χ3v) is 4.17. The lowest BCUT2D eigenvalue weighted by Crippen LogP contribution is -2.49. The Kier molecular flexibility index (Phi) is 4.85. The molecule has 1 saturated heterocycles. The minimum absolute atomic E-state index is 0.241. The number of carbonyl (C=O) groups is 1. The van der Waals surface area contributed by atoms with E-state index in [0.717, 1.165) is 36.3 Å². The highest BCUT2D eigenvalue weighted by molar-refractivity contribution is 5.82. The standard InChI is InChI=1S/C18H25N3O4/c1-18(2,3)25-17(22)21-9-7-20(8-10-21)11-13-5-6-14(23-4)15-16(13)24-12-19-15/h5-6,12H,7-11H2,1-4H3. The summed E-state index contributed by atoms with van der Waals surface area (Å²) in [6.45, 7) is 9.29. The first kappa shape index (κ1) is 17.5. The number of carbonyl (C=O) groups excluding carboxylic acids is 1. The third kappa shape index (κ3) is 4.04. The molecule has 0 unspecified atom stereocenters. The first-order valence-electron chi connectivity index (χ1n) is 8.47. The van der Waals surface area contributed by atoms with Crippen molar-refractivity contribution in [3.63, 3.8) is 0 Å². The molecule has 1 fully saturated rings. The van der Waals surface area contributed by atoms with Crippen LogP contribution in [0.5, 0.6) is 5.75 Å². The molecule has 1 aromatic carbocycles. The molecular weight excluding hydrogens is 322 g/mol. The van der Waals surface area contributed by atoms with Crippen LogP contribution in [0.25, 0.3) is 11.1 Å². The van der Waals surface area contributed by atoms with Crippen LogP contribution in [0, 0.1) is 0 Å². The predicted molar refractivity (Wildman–Crippen MR) is 93.6 cm³/mol. The first-order valence-corrected chi connectivity index (χ1v) is 8.47. The number of piperazine rings is 1. The van der Waals surface area contributed by atoms with Crippen molar-refractivity contribution in [1.82, 2.24) is 14.8 Å². The molecule has 0 spiro atoms. The summed E-state index contributed by atoms with van der Waals surface area (Å²) in [6.07, 6.45) is 1.20. The lowest BCUT2D eigenvalue weighted by atomic mass is 10.1. The fraction of sp³-hybridized carbons (Fsp3) is 0.556. The number of methoxy groups -OCH3 is 1. The summed E-state index contributed by atoms with van der Waals surface area (Å²) in [5, 5.41) is 0. The summed E-state index contributed by atoms with van der Waals surface area (Å²) in [4.78, 5) is 20.4. The largest absolute Gasteiger partial charge is 0.494 e. The molecule has 1 aliphatic rings. The number of nitrogens with zero attached hydrogens (tertiary/aromatic N) is 3. The molecule has 136 valence electrons. The Hall–Kier alpha value is -2.28. The third-order valence-electron chi connectivity index (χ3n) is 4.17. The average Bonchev–Trinajstić information content (AvgIpc) is 3.04. The van der Waals surface area contributed by atoms with Crippen molar-refractivity contribution in [3.05, 3.63) is 24.1 Å². The van der Waals surface area contributed by atoms with Crippen LogP contribution in [0.2, 0.25) is 0 Å². The van der Waals surface area contributed by atoms with Gasteiger partial charge in [-0.3, -0.25) is 4.90 Å². The number of oxazole rings is 1. The maximum atomic E-state index is 12.1. The molecule has 0 bridgehead atoms. The van der Waals surface area contributed by atoms with Gasteiger partial charge in [-0.05, 0) is 26.8 Å². The van der Waals surface area contributed by atoms with Gasteiger partial charge in [0.05, 0.1) is 7.11 Å². The van der Waals surface area contributed by atoms with Gasteiger partial charge >= 0.3 is 6.09 Å². The highest BCUT2D eigenvalue weighted by atomic mass is 16.6. The SMILES string of the molecule is COc1ccc(CN2CCN(C(=O)OC(C)(C)C)CC2)c2ocnc12. The van der Waals surface area contributed by atoms with Crippen LogP contribution in [-0.2, 0) is 11.3 Å². The minimum atomic E-state index is -0.463. The molecule has 0 N–H and O–H groups in total. The Bertz CT molecular complexity index is 742. The second kappa shape index (κ2) is 6.92. The molecule has 2 heterocycles. The normalized spacial score (nSPS) is 16.2. The number of ether oxygens (including phenoxy) is 2. The van der Waals surface area contributed by atoms with E-state index in [9.17, 15) is 4.79 Å². The Labute approximate surface area is 147 Å². The summed E-state index contributed by atoms with van der Waals surface area (Å²) >= 11 is 0. The maximum absolute atomic E-state index is 12.1. The van der Waals surface area contributed by atoms with Crippen molar-refractivity contribution < 1.29 is 18.7 Å². The molecule has 25 heavy (non-hydrogen) atoms. The van der Waals surface area contributed by atoms with Gasteiger partial charge in [-0.25, -0.2) is 9.78 Å². The van der Waals surface area contributed by atoms with E-state index in [0.29, 0.717) is 18.8 Å². The zero-order valence-corrected chi connectivity index (χ0v) is 15.2. The summed E-state index contributed by atoms with van der Waals surface area (Å²) in [6, 6.07) is 3.92. The summed E-state index contributed by atoms with van der Waals surface area (Å²) < 4.78 is 16.3. The zero-order valence-electron chi connectivity index (χ0n) is 15.2. The number of aromatic nitrogens is 1. The number of benzene rings is 1. The highest BCUT2D eigenvalue weighted by Gasteiger charge is 2.26. The molecule has 2 aromatic rings. The molecular formula is C18H25N3O4. The fourth-order valence-corrected chi connectivity index (χ4v) is 2.93. The van der Waals surface area contributed by atoms with E-state index in [1.54, 1.807) is 12.0 Å². The number of fused-ring (bicyclic) bond motifs is 1. The van der Waals surface area contributed by atoms with E-state index in [4.69, 9.17) is 13.9 Å². The van der Waals surface area contributed by atoms with Gasteiger partial charge in [0.25, 0.3) is 0 Å². The van der Waals surface area contributed by atoms with E-state index < -0.39 is 5.60 Å². The van der Waals surface area contributed by atoms with E-state index in [1.165, 1.54) is 6.39 Å². The Morgan fingerprint density at radius 1 is 1.24 bits per heavy atom. The molecule has 0 radical (unpaired) electrons. The number of amides is 1. The van der Waals surface area contributed by atoms with Crippen LogP contribution in [0.15, 0.2) is 22.9 Å². The van der Waals surface area contributed by atoms with Gasteiger partial charge < -0.3 is 18.8 Å². The molecule has 7 heteroatoms. The number of rotatable bonds is 3. The van der Waals surface area contributed by atoms with Crippen LogP contribution < -0.4 is 4.74 Å². The highest BCUT2D eigenvalue weighted by Crippen LogP contribution is 2.28. The molecule has 7 nitrogen and oxygen atoms in total. The quantitative estimate of drug-likeness (QED) is 0.850. The lowest BCUT2D eigenvalue weighted by Gasteiger charge is -2.35.